The minimum atomic E-state index is -0.738. The standard InChI is InChI=1S/C24H29NO8/c1-15(24(28)33-17(3)16(2)32-19-9-7-6-8-10-19)13-20(27)22-23(31-14-30-18(4)26)21(29-5)11-12-25-22/h6-12,15-17H,13-14H2,1-5H3/t15-,16+,17-/m1/s1. The van der Waals surface area contributed by atoms with Crippen molar-refractivity contribution in [2.75, 3.05) is 13.9 Å². The minimum Gasteiger partial charge on any atom is -0.493 e. The highest BCUT2D eigenvalue weighted by atomic mass is 16.7. The van der Waals surface area contributed by atoms with Crippen LogP contribution in [-0.2, 0) is 19.1 Å². The summed E-state index contributed by atoms with van der Waals surface area (Å²) >= 11 is 0. The summed E-state index contributed by atoms with van der Waals surface area (Å²) in [6.07, 6.45) is 0.301. The van der Waals surface area contributed by atoms with E-state index in [1.54, 1.807) is 20.8 Å². The Morgan fingerprint density at radius 3 is 2.33 bits per heavy atom. The van der Waals surface area contributed by atoms with Crippen LogP contribution in [0.3, 0.4) is 0 Å². The van der Waals surface area contributed by atoms with Crippen molar-refractivity contribution in [1.29, 1.82) is 0 Å². The number of carbonyl (C=O) groups is 3. The molecule has 9 heteroatoms. The van der Waals surface area contributed by atoms with Gasteiger partial charge >= 0.3 is 11.9 Å². The van der Waals surface area contributed by atoms with Crippen molar-refractivity contribution in [2.45, 2.75) is 46.3 Å². The molecule has 0 saturated heterocycles. The van der Waals surface area contributed by atoms with E-state index in [2.05, 4.69) is 4.98 Å². The van der Waals surface area contributed by atoms with Gasteiger partial charge in [0.25, 0.3) is 0 Å². The maximum absolute atomic E-state index is 12.9. The first-order valence-corrected chi connectivity index (χ1v) is 10.5. The highest BCUT2D eigenvalue weighted by Gasteiger charge is 2.27. The van der Waals surface area contributed by atoms with E-state index in [9.17, 15) is 14.4 Å². The summed E-state index contributed by atoms with van der Waals surface area (Å²) < 4.78 is 26.7. The van der Waals surface area contributed by atoms with Crippen LogP contribution in [0.15, 0.2) is 42.6 Å². The first-order valence-electron chi connectivity index (χ1n) is 10.5. The Hall–Kier alpha value is -3.62. The third kappa shape index (κ3) is 7.78. The van der Waals surface area contributed by atoms with Crippen LogP contribution in [0.25, 0.3) is 0 Å². The number of aromatic nitrogens is 1. The third-order valence-electron chi connectivity index (χ3n) is 4.74. The summed E-state index contributed by atoms with van der Waals surface area (Å²) in [7, 11) is 1.41. The Labute approximate surface area is 193 Å². The van der Waals surface area contributed by atoms with Crippen LogP contribution < -0.4 is 14.2 Å². The Morgan fingerprint density at radius 2 is 1.70 bits per heavy atom. The summed E-state index contributed by atoms with van der Waals surface area (Å²) in [5.41, 5.74) is -0.0324. The van der Waals surface area contributed by atoms with Crippen molar-refractivity contribution < 1.29 is 38.1 Å². The molecule has 1 heterocycles. The molecule has 33 heavy (non-hydrogen) atoms. The molecule has 0 bridgehead atoms. The van der Waals surface area contributed by atoms with Gasteiger partial charge in [0.05, 0.1) is 13.0 Å². The minimum absolute atomic E-state index is 0.0324. The lowest BCUT2D eigenvalue weighted by Gasteiger charge is -2.23. The van der Waals surface area contributed by atoms with Crippen LogP contribution in [0.2, 0.25) is 0 Å². The van der Waals surface area contributed by atoms with Gasteiger partial charge in [0.1, 0.15) is 18.0 Å². The summed E-state index contributed by atoms with van der Waals surface area (Å²) in [4.78, 5) is 40.5. The number of rotatable bonds is 12. The van der Waals surface area contributed by atoms with E-state index >= 15 is 0 Å². The topological polar surface area (TPSA) is 110 Å². The van der Waals surface area contributed by atoms with E-state index in [-0.39, 0.29) is 29.7 Å². The quantitative estimate of drug-likeness (QED) is 0.267. The van der Waals surface area contributed by atoms with Gasteiger partial charge in [-0.15, -0.1) is 0 Å². The number of esters is 2. The average molecular weight is 459 g/mol. The fourth-order valence-corrected chi connectivity index (χ4v) is 2.76. The van der Waals surface area contributed by atoms with Crippen molar-refractivity contribution in [1.82, 2.24) is 4.98 Å². The van der Waals surface area contributed by atoms with Crippen LogP contribution in [0, 0.1) is 5.92 Å². The second kappa shape index (κ2) is 12.4. The Balaban J connectivity index is 1.99. The van der Waals surface area contributed by atoms with Gasteiger partial charge in [-0.1, -0.05) is 25.1 Å². The molecule has 0 saturated carbocycles. The van der Waals surface area contributed by atoms with Crippen molar-refractivity contribution >= 4 is 17.7 Å². The number of ether oxygens (including phenoxy) is 5. The molecule has 3 atom stereocenters. The second-order valence-corrected chi connectivity index (χ2v) is 7.40. The number of pyridine rings is 1. The van der Waals surface area contributed by atoms with E-state index < -0.39 is 36.5 Å². The summed E-state index contributed by atoms with van der Waals surface area (Å²) in [5, 5.41) is 0. The number of hydrogen-bond donors (Lipinski definition) is 0. The van der Waals surface area contributed by atoms with Crippen LogP contribution in [0.1, 0.15) is 44.6 Å². The van der Waals surface area contributed by atoms with Crippen LogP contribution in [0.4, 0.5) is 0 Å². The predicted molar refractivity (Wildman–Crippen MR) is 118 cm³/mol. The number of nitrogens with zero attached hydrogens (tertiary/aromatic N) is 1. The number of carbonyl (C=O) groups excluding carboxylic acids is 3. The molecule has 0 aliphatic rings. The molecular weight excluding hydrogens is 430 g/mol. The molecular formula is C24H29NO8. The number of methoxy groups -OCH3 is 1. The van der Waals surface area contributed by atoms with Crippen LogP contribution in [-0.4, -0.2) is 48.8 Å². The average Bonchev–Trinajstić information content (AvgIpc) is 2.79. The monoisotopic (exact) mass is 459 g/mol. The van der Waals surface area contributed by atoms with Crippen LogP contribution >= 0.6 is 0 Å². The van der Waals surface area contributed by atoms with Gasteiger partial charge in [0.15, 0.2) is 23.0 Å². The molecule has 0 amide bonds. The van der Waals surface area contributed by atoms with E-state index in [0.29, 0.717) is 5.75 Å². The maximum Gasteiger partial charge on any atom is 0.309 e. The molecule has 1 aromatic heterocycles. The lowest BCUT2D eigenvalue weighted by Crippen LogP contribution is -2.33. The number of Topliss-reactive ketones (excluding diaryl/α,β-unsaturated/α-hetero) is 1. The molecule has 9 nitrogen and oxygen atoms in total. The molecule has 1 aromatic carbocycles. The van der Waals surface area contributed by atoms with E-state index in [1.807, 2.05) is 30.3 Å². The molecule has 0 N–H and O–H groups in total. The van der Waals surface area contributed by atoms with E-state index in [1.165, 1.54) is 26.3 Å². The lowest BCUT2D eigenvalue weighted by atomic mass is 10.0. The Bertz CT molecular complexity index is 947. The van der Waals surface area contributed by atoms with Crippen molar-refractivity contribution in [3.8, 4) is 17.2 Å². The molecule has 0 aliphatic carbocycles. The molecule has 0 radical (unpaired) electrons. The van der Waals surface area contributed by atoms with Gasteiger partial charge in [-0.05, 0) is 26.0 Å². The fraction of sp³-hybridized carbons (Fsp3) is 0.417. The molecule has 0 fully saturated rings. The highest BCUT2D eigenvalue weighted by molar-refractivity contribution is 5.99. The fourth-order valence-electron chi connectivity index (χ4n) is 2.76. The van der Waals surface area contributed by atoms with Gasteiger partial charge in [-0.25, -0.2) is 4.98 Å². The van der Waals surface area contributed by atoms with Crippen LogP contribution in [0.5, 0.6) is 17.2 Å². The molecule has 0 spiro atoms. The lowest BCUT2D eigenvalue weighted by molar-refractivity contribution is -0.156. The molecule has 0 unspecified atom stereocenters. The Kier molecular flexibility index (Phi) is 9.65. The summed E-state index contributed by atoms with van der Waals surface area (Å²) in [6.45, 7) is 5.94. The SMILES string of the molecule is COc1ccnc(C(=O)C[C@@H](C)C(=O)O[C@H](C)[C@H](C)Oc2ccccc2)c1OCOC(C)=O. The second-order valence-electron chi connectivity index (χ2n) is 7.40. The highest BCUT2D eigenvalue weighted by Crippen LogP contribution is 2.31. The molecule has 178 valence electrons. The zero-order valence-corrected chi connectivity index (χ0v) is 19.4. The number of para-hydroxylation sites is 1. The largest absolute Gasteiger partial charge is 0.493 e. The first-order chi connectivity index (χ1) is 15.7. The van der Waals surface area contributed by atoms with Crippen molar-refractivity contribution in [3.63, 3.8) is 0 Å². The summed E-state index contributed by atoms with van der Waals surface area (Å²) in [5.74, 6) is -1.32. The van der Waals surface area contributed by atoms with Crippen molar-refractivity contribution in [3.05, 3.63) is 48.3 Å². The summed E-state index contributed by atoms with van der Waals surface area (Å²) in [6, 6.07) is 10.7. The van der Waals surface area contributed by atoms with Crippen molar-refractivity contribution in [2.24, 2.45) is 5.92 Å². The number of ketones is 1. The molecule has 2 aromatic rings. The van der Waals surface area contributed by atoms with Gasteiger partial charge in [0, 0.05) is 25.6 Å². The van der Waals surface area contributed by atoms with Gasteiger partial charge in [-0.3, -0.25) is 14.4 Å². The third-order valence-corrected chi connectivity index (χ3v) is 4.74. The zero-order chi connectivity index (χ0) is 24.4. The smallest absolute Gasteiger partial charge is 0.309 e. The maximum atomic E-state index is 12.9. The number of hydrogen-bond acceptors (Lipinski definition) is 9. The van der Waals surface area contributed by atoms with E-state index in [0.717, 1.165) is 0 Å². The normalized spacial score (nSPS) is 13.2. The van der Waals surface area contributed by atoms with Gasteiger partial charge in [-0.2, -0.15) is 0 Å². The number of benzene rings is 1. The predicted octanol–water partition coefficient (Wildman–Crippen LogP) is 3.60. The molecule has 2 rings (SSSR count). The first kappa shape index (κ1) is 25.6. The van der Waals surface area contributed by atoms with Gasteiger partial charge in [0.2, 0.25) is 6.79 Å². The Morgan fingerprint density at radius 1 is 1.00 bits per heavy atom. The molecule has 0 aliphatic heterocycles. The van der Waals surface area contributed by atoms with Gasteiger partial charge < -0.3 is 23.7 Å². The van der Waals surface area contributed by atoms with E-state index in [4.69, 9.17) is 23.7 Å². The zero-order valence-electron chi connectivity index (χ0n) is 19.4.